The molecule has 1 amide bonds. The molecule has 4 nitrogen and oxygen atoms in total. The molecule has 0 aromatic rings. The molecule has 0 aromatic carbocycles. The lowest BCUT2D eigenvalue weighted by molar-refractivity contribution is -0.144. The van der Waals surface area contributed by atoms with Gasteiger partial charge in [-0.2, -0.15) is 0 Å². The van der Waals surface area contributed by atoms with Gasteiger partial charge >= 0.3 is 5.97 Å². The molecule has 108 valence electrons. The zero-order chi connectivity index (χ0) is 14.1. The Balaban J connectivity index is 2.26. The fourth-order valence-electron chi connectivity index (χ4n) is 2.75. The van der Waals surface area contributed by atoms with Crippen LogP contribution in [-0.2, 0) is 9.59 Å². The molecule has 0 atom stereocenters. The van der Waals surface area contributed by atoms with Crippen LogP contribution < -0.4 is 0 Å². The SMILES string of the molecule is C=CCN(CC(=O)O)C(=O)CCCC1CCCCC1. The molecule has 0 saturated heterocycles. The van der Waals surface area contributed by atoms with Crippen molar-refractivity contribution in [2.24, 2.45) is 5.92 Å². The van der Waals surface area contributed by atoms with Crippen LogP contribution in [0.3, 0.4) is 0 Å². The number of amides is 1. The van der Waals surface area contributed by atoms with Gasteiger partial charge in [-0.15, -0.1) is 6.58 Å². The summed E-state index contributed by atoms with van der Waals surface area (Å²) in [7, 11) is 0. The Morgan fingerprint density at radius 3 is 2.53 bits per heavy atom. The van der Waals surface area contributed by atoms with Gasteiger partial charge in [0, 0.05) is 13.0 Å². The van der Waals surface area contributed by atoms with Crippen molar-refractivity contribution < 1.29 is 14.7 Å². The number of hydrogen-bond donors (Lipinski definition) is 1. The molecular weight excluding hydrogens is 242 g/mol. The Morgan fingerprint density at radius 2 is 1.95 bits per heavy atom. The Bertz CT molecular complexity index is 309. The molecule has 0 spiro atoms. The van der Waals surface area contributed by atoms with Gasteiger partial charge in [-0.3, -0.25) is 9.59 Å². The smallest absolute Gasteiger partial charge is 0.323 e. The molecule has 1 rings (SSSR count). The van der Waals surface area contributed by atoms with E-state index in [1.54, 1.807) is 6.08 Å². The predicted molar refractivity (Wildman–Crippen MR) is 74.8 cm³/mol. The molecule has 1 fully saturated rings. The minimum atomic E-state index is -0.970. The summed E-state index contributed by atoms with van der Waals surface area (Å²) in [5, 5.41) is 8.76. The summed E-state index contributed by atoms with van der Waals surface area (Å²) in [5.41, 5.74) is 0. The number of aliphatic carboxylic acids is 1. The number of carboxylic acid groups (broad SMARTS) is 1. The summed E-state index contributed by atoms with van der Waals surface area (Å²) in [6.07, 6.45) is 10.6. The van der Waals surface area contributed by atoms with E-state index < -0.39 is 5.97 Å². The van der Waals surface area contributed by atoms with Crippen molar-refractivity contribution >= 4 is 11.9 Å². The van der Waals surface area contributed by atoms with E-state index in [0.29, 0.717) is 13.0 Å². The van der Waals surface area contributed by atoms with E-state index >= 15 is 0 Å². The van der Waals surface area contributed by atoms with Crippen LogP contribution in [0.5, 0.6) is 0 Å². The third kappa shape index (κ3) is 6.41. The summed E-state index contributed by atoms with van der Waals surface area (Å²) >= 11 is 0. The second-order valence-corrected chi connectivity index (χ2v) is 5.35. The number of rotatable bonds is 8. The van der Waals surface area contributed by atoms with Crippen molar-refractivity contribution in [3.63, 3.8) is 0 Å². The normalized spacial score (nSPS) is 16.0. The molecule has 1 N–H and O–H groups in total. The van der Waals surface area contributed by atoms with Crippen molar-refractivity contribution in [1.29, 1.82) is 0 Å². The number of carboxylic acids is 1. The monoisotopic (exact) mass is 267 g/mol. The van der Waals surface area contributed by atoms with E-state index in [2.05, 4.69) is 6.58 Å². The van der Waals surface area contributed by atoms with Gasteiger partial charge in [-0.1, -0.05) is 38.2 Å². The fraction of sp³-hybridized carbons (Fsp3) is 0.733. The predicted octanol–water partition coefficient (Wildman–Crippen LogP) is 2.84. The maximum Gasteiger partial charge on any atom is 0.323 e. The van der Waals surface area contributed by atoms with Crippen molar-refractivity contribution in [2.45, 2.75) is 51.4 Å². The lowest BCUT2D eigenvalue weighted by Gasteiger charge is -2.22. The highest BCUT2D eigenvalue weighted by Crippen LogP contribution is 2.27. The molecule has 0 bridgehead atoms. The van der Waals surface area contributed by atoms with Crippen molar-refractivity contribution in [2.75, 3.05) is 13.1 Å². The van der Waals surface area contributed by atoms with Crippen molar-refractivity contribution in [1.82, 2.24) is 4.90 Å². The molecular formula is C15H25NO3. The highest BCUT2D eigenvalue weighted by molar-refractivity contribution is 5.81. The largest absolute Gasteiger partial charge is 0.480 e. The van der Waals surface area contributed by atoms with Crippen LogP contribution in [-0.4, -0.2) is 35.0 Å². The van der Waals surface area contributed by atoms with Gasteiger partial charge in [0.25, 0.3) is 0 Å². The summed E-state index contributed by atoms with van der Waals surface area (Å²) in [4.78, 5) is 24.0. The third-order valence-corrected chi connectivity index (χ3v) is 3.76. The lowest BCUT2D eigenvalue weighted by atomic mass is 9.86. The minimum Gasteiger partial charge on any atom is -0.480 e. The Hall–Kier alpha value is -1.32. The van der Waals surface area contributed by atoms with Gasteiger partial charge in [-0.25, -0.2) is 0 Å². The van der Waals surface area contributed by atoms with E-state index in [-0.39, 0.29) is 12.5 Å². The van der Waals surface area contributed by atoms with Gasteiger partial charge in [0.15, 0.2) is 0 Å². The van der Waals surface area contributed by atoms with Crippen molar-refractivity contribution in [3.8, 4) is 0 Å². The standard InChI is InChI=1S/C15H25NO3/c1-2-11-16(12-15(18)19)14(17)10-6-9-13-7-4-3-5-8-13/h2,13H,1,3-12H2,(H,18,19). The van der Waals surface area contributed by atoms with E-state index in [9.17, 15) is 9.59 Å². The summed E-state index contributed by atoms with van der Waals surface area (Å²) in [6.45, 7) is 3.64. The van der Waals surface area contributed by atoms with E-state index in [0.717, 1.165) is 18.8 Å². The van der Waals surface area contributed by atoms with Crippen LogP contribution in [0.2, 0.25) is 0 Å². The third-order valence-electron chi connectivity index (χ3n) is 3.76. The number of carbonyl (C=O) groups is 2. The zero-order valence-corrected chi connectivity index (χ0v) is 11.6. The molecule has 1 aliphatic carbocycles. The van der Waals surface area contributed by atoms with Crippen molar-refractivity contribution in [3.05, 3.63) is 12.7 Å². The maximum absolute atomic E-state index is 11.9. The molecule has 0 aromatic heterocycles. The highest BCUT2D eigenvalue weighted by atomic mass is 16.4. The molecule has 4 heteroatoms. The molecule has 1 aliphatic rings. The van der Waals surface area contributed by atoms with Gasteiger partial charge in [0.1, 0.15) is 6.54 Å². The van der Waals surface area contributed by atoms with Crippen LogP contribution in [0.25, 0.3) is 0 Å². The summed E-state index contributed by atoms with van der Waals surface area (Å²) < 4.78 is 0. The quantitative estimate of drug-likeness (QED) is 0.688. The molecule has 0 unspecified atom stereocenters. The maximum atomic E-state index is 11.9. The first-order valence-electron chi connectivity index (χ1n) is 7.24. The van der Waals surface area contributed by atoms with Gasteiger partial charge in [-0.05, 0) is 18.8 Å². The first kappa shape index (κ1) is 15.7. The first-order valence-corrected chi connectivity index (χ1v) is 7.24. The second-order valence-electron chi connectivity index (χ2n) is 5.35. The number of carbonyl (C=O) groups excluding carboxylic acids is 1. The van der Waals surface area contributed by atoms with E-state index in [1.165, 1.54) is 37.0 Å². The Labute approximate surface area is 115 Å². The fourth-order valence-corrected chi connectivity index (χ4v) is 2.75. The Morgan fingerprint density at radius 1 is 1.26 bits per heavy atom. The van der Waals surface area contributed by atoms with Crippen LogP contribution in [0, 0.1) is 5.92 Å². The van der Waals surface area contributed by atoms with Gasteiger partial charge < -0.3 is 10.0 Å². The van der Waals surface area contributed by atoms with E-state index in [1.807, 2.05) is 0 Å². The average Bonchev–Trinajstić information content (AvgIpc) is 2.39. The molecule has 19 heavy (non-hydrogen) atoms. The summed E-state index contributed by atoms with van der Waals surface area (Å²) in [5.74, 6) is -0.269. The minimum absolute atomic E-state index is 0.0712. The number of hydrogen-bond acceptors (Lipinski definition) is 2. The summed E-state index contributed by atoms with van der Waals surface area (Å²) in [6, 6.07) is 0. The molecule has 0 heterocycles. The highest BCUT2D eigenvalue weighted by Gasteiger charge is 2.17. The Kier molecular flexibility index (Phi) is 7.23. The van der Waals surface area contributed by atoms with Crippen LogP contribution >= 0.6 is 0 Å². The molecule has 1 saturated carbocycles. The lowest BCUT2D eigenvalue weighted by Crippen LogP contribution is -2.35. The molecule has 0 aliphatic heterocycles. The van der Waals surface area contributed by atoms with Crippen LogP contribution in [0.1, 0.15) is 51.4 Å². The number of nitrogens with zero attached hydrogens (tertiary/aromatic N) is 1. The first-order chi connectivity index (χ1) is 9.13. The zero-order valence-electron chi connectivity index (χ0n) is 11.6. The topological polar surface area (TPSA) is 57.6 Å². The molecule has 0 radical (unpaired) electrons. The van der Waals surface area contributed by atoms with Gasteiger partial charge in [0.05, 0.1) is 0 Å². The second kappa shape index (κ2) is 8.73. The van der Waals surface area contributed by atoms with Crippen LogP contribution in [0.4, 0.5) is 0 Å². The average molecular weight is 267 g/mol. The van der Waals surface area contributed by atoms with Gasteiger partial charge in [0.2, 0.25) is 5.91 Å². The van der Waals surface area contributed by atoms with Crippen LogP contribution in [0.15, 0.2) is 12.7 Å². The van der Waals surface area contributed by atoms with E-state index in [4.69, 9.17) is 5.11 Å².